The monoisotopic (exact) mass is 387 g/mol. The number of fused-ring (bicyclic) bond motifs is 1. The van der Waals surface area contributed by atoms with Crippen LogP contribution in [0.15, 0.2) is 58.5 Å². The summed E-state index contributed by atoms with van der Waals surface area (Å²) in [6, 6.07) is 14.3. The second-order valence-corrected chi connectivity index (χ2v) is 7.12. The average molecular weight is 388 g/mol. The number of rotatable bonds is 6. The van der Waals surface area contributed by atoms with Crippen LogP contribution in [0, 0.1) is 0 Å². The van der Waals surface area contributed by atoms with Crippen LogP contribution < -0.4 is 10.9 Å². The van der Waals surface area contributed by atoms with E-state index in [4.69, 9.17) is 11.6 Å². The fourth-order valence-electron chi connectivity index (χ4n) is 2.56. The van der Waals surface area contributed by atoms with E-state index in [2.05, 4.69) is 10.3 Å². The van der Waals surface area contributed by atoms with E-state index in [1.807, 2.05) is 25.1 Å². The molecule has 0 saturated carbocycles. The predicted molar refractivity (Wildman–Crippen MR) is 107 cm³/mol. The molecule has 7 heteroatoms. The van der Waals surface area contributed by atoms with Crippen LogP contribution in [0.4, 0.5) is 5.69 Å². The molecule has 0 spiro atoms. The lowest BCUT2D eigenvalue weighted by Crippen LogP contribution is -2.22. The maximum Gasteiger partial charge on any atom is 0.262 e. The first-order chi connectivity index (χ1) is 12.6. The summed E-state index contributed by atoms with van der Waals surface area (Å²) >= 11 is 7.32. The Hall–Kier alpha value is -2.31. The van der Waals surface area contributed by atoms with E-state index in [1.54, 1.807) is 34.9 Å². The number of nitrogens with one attached hydrogen (secondary N) is 1. The van der Waals surface area contributed by atoms with E-state index < -0.39 is 0 Å². The average Bonchev–Trinajstić information content (AvgIpc) is 2.62. The molecule has 0 unspecified atom stereocenters. The minimum Gasteiger partial charge on any atom is -0.326 e. The Kier molecular flexibility index (Phi) is 5.96. The van der Waals surface area contributed by atoms with Crippen LogP contribution in [0.25, 0.3) is 10.9 Å². The number of benzene rings is 2. The molecular formula is C19H18ClN3O2S. The van der Waals surface area contributed by atoms with E-state index >= 15 is 0 Å². The van der Waals surface area contributed by atoms with Gasteiger partial charge in [0.1, 0.15) is 0 Å². The normalized spacial score (nSPS) is 10.8. The first-order valence-electron chi connectivity index (χ1n) is 8.26. The first kappa shape index (κ1) is 18.5. The maximum atomic E-state index is 12.6. The highest BCUT2D eigenvalue weighted by molar-refractivity contribution is 7.99. The van der Waals surface area contributed by atoms with Gasteiger partial charge in [-0.2, -0.15) is 0 Å². The summed E-state index contributed by atoms with van der Waals surface area (Å²) in [5, 5.41) is 4.63. The molecule has 1 heterocycles. The van der Waals surface area contributed by atoms with Gasteiger partial charge in [-0.25, -0.2) is 4.98 Å². The van der Waals surface area contributed by atoms with Crippen molar-refractivity contribution >= 4 is 45.9 Å². The molecule has 0 radical (unpaired) electrons. The molecule has 1 amide bonds. The van der Waals surface area contributed by atoms with Gasteiger partial charge < -0.3 is 5.32 Å². The minimum absolute atomic E-state index is 0.0519. The Morgan fingerprint density at radius 1 is 1.23 bits per heavy atom. The van der Waals surface area contributed by atoms with Gasteiger partial charge in [0.2, 0.25) is 5.91 Å². The number of carbonyl (C=O) groups is 1. The van der Waals surface area contributed by atoms with E-state index in [0.717, 1.165) is 0 Å². The number of hydrogen-bond donors (Lipinski definition) is 1. The number of anilines is 1. The van der Waals surface area contributed by atoms with Crippen molar-refractivity contribution in [1.29, 1.82) is 0 Å². The second kappa shape index (κ2) is 8.38. The van der Waals surface area contributed by atoms with Crippen LogP contribution in [-0.4, -0.2) is 21.2 Å². The number of carbonyl (C=O) groups excluding carboxylic acids is 1. The summed E-state index contributed by atoms with van der Waals surface area (Å²) in [4.78, 5) is 29.2. The molecule has 26 heavy (non-hydrogen) atoms. The third-order valence-corrected chi connectivity index (χ3v) is 5.02. The molecule has 0 aliphatic heterocycles. The van der Waals surface area contributed by atoms with Crippen molar-refractivity contribution in [2.45, 2.75) is 25.0 Å². The standard InChI is InChI=1S/C19H18ClN3O2S/c1-2-23-18(25)15-8-3-4-9-16(15)22-19(23)26-11-10-17(24)21-14-7-5-6-13(20)12-14/h3-9,12H,2,10-11H2,1H3,(H,21,24). The second-order valence-electron chi connectivity index (χ2n) is 5.62. The maximum absolute atomic E-state index is 12.6. The Balaban J connectivity index is 1.68. The lowest BCUT2D eigenvalue weighted by atomic mass is 10.2. The minimum atomic E-state index is -0.106. The van der Waals surface area contributed by atoms with Crippen LogP contribution in [0.2, 0.25) is 5.02 Å². The molecule has 0 aliphatic carbocycles. The molecular weight excluding hydrogens is 370 g/mol. The van der Waals surface area contributed by atoms with Gasteiger partial charge in [0.05, 0.1) is 10.9 Å². The molecule has 1 N–H and O–H groups in total. The van der Waals surface area contributed by atoms with Crippen LogP contribution in [0.3, 0.4) is 0 Å². The Labute approximate surface area is 160 Å². The van der Waals surface area contributed by atoms with Crippen LogP contribution in [0.1, 0.15) is 13.3 Å². The third kappa shape index (κ3) is 4.26. The summed E-state index contributed by atoms with van der Waals surface area (Å²) in [5.41, 5.74) is 1.29. The SMILES string of the molecule is CCn1c(SCCC(=O)Nc2cccc(Cl)c2)nc2ccccc2c1=O. The number of nitrogens with zero attached hydrogens (tertiary/aromatic N) is 2. The fourth-order valence-corrected chi connectivity index (χ4v) is 3.75. The third-order valence-electron chi connectivity index (χ3n) is 3.81. The number of aromatic nitrogens is 2. The van der Waals surface area contributed by atoms with E-state index in [1.165, 1.54) is 11.8 Å². The molecule has 0 fully saturated rings. The van der Waals surface area contributed by atoms with Crippen molar-refractivity contribution in [1.82, 2.24) is 9.55 Å². The van der Waals surface area contributed by atoms with Crippen LogP contribution in [-0.2, 0) is 11.3 Å². The quantitative estimate of drug-likeness (QED) is 0.508. The van der Waals surface area contributed by atoms with Gasteiger partial charge in [-0.05, 0) is 37.3 Å². The van der Waals surface area contributed by atoms with E-state index in [9.17, 15) is 9.59 Å². The number of halogens is 1. The summed E-state index contributed by atoms with van der Waals surface area (Å²) < 4.78 is 1.64. The van der Waals surface area contributed by atoms with Gasteiger partial charge >= 0.3 is 0 Å². The zero-order chi connectivity index (χ0) is 18.5. The van der Waals surface area contributed by atoms with Crippen molar-refractivity contribution in [3.05, 3.63) is 63.9 Å². The van der Waals surface area contributed by atoms with Gasteiger partial charge in [0.25, 0.3) is 5.56 Å². The highest BCUT2D eigenvalue weighted by Gasteiger charge is 2.11. The smallest absolute Gasteiger partial charge is 0.262 e. The van der Waals surface area contributed by atoms with Gasteiger partial charge in [-0.15, -0.1) is 0 Å². The van der Waals surface area contributed by atoms with E-state index in [-0.39, 0.29) is 11.5 Å². The van der Waals surface area contributed by atoms with Crippen molar-refractivity contribution in [2.75, 3.05) is 11.1 Å². The van der Waals surface area contributed by atoms with Crippen molar-refractivity contribution in [3.63, 3.8) is 0 Å². The number of para-hydroxylation sites is 1. The van der Waals surface area contributed by atoms with Crippen LogP contribution in [0.5, 0.6) is 0 Å². The van der Waals surface area contributed by atoms with Crippen molar-refractivity contribution < 1.29 is 4.79 Å². The van der Waals surface area contributed by atoms with Gasteiger partial charge in [0.15, 0.2) is 5.16 Å². The van der Waals surface area contributed by atoms with Crippen molar-refractivity contribution in [3.8, 4) is 0 Å². The molecule has 3 aromatic rings. The lowest BCUT2D eigenvalue weighted by Gasteiger charge is -2.11. The van der Waals surface area contributed by atoms with Crippen molar-refractivity contribution in [2.24, 2.45) is 0 Å². The summed E-state index contributed by atoms with van der Waals surface area (Å²) in [6.45, 7) is 2.45. The Morgan fingerprint density at radius 2 is 2.04 bits per heavy atom. The summed E-state index contributed by atoms with van der Waals surface area (Å²) in [7, 11) is 0. The molecule has 0 saturated heterocycles. The number of hydrogen-bond acceptors (Lipinski definition) is 4. The summed E-state index contributed by atoms with van der Waals surface area (Å²) in [6.07, 6.45) is 0.309. The largest absolute Gasteiger partial charge is 0.326 e. The van der Waals surface area contributed by atoms with E-state index in [0.29, 0.717) is 45.5 Å². The molecule has 0 bridgehead atoms. The zero-order valence-corrected chi connectivity index (χ0v) is 15.8. The number of thioether (sulfide) groups is 1. The lowest BCUT2D eigenvalue weighted by molar-refractivity contribution is -0.115. The molecule has 0 atom stereocenters. The van der Waals surface area contributed by atoms with Gasteiger partial charge in [-0.3, -0.25) is 14.2 Å². The first-order valence-corrected chi connectivity index (χ1v) is 9.62. The van der Waals surface area contributed by atoms with Crippen LogP contribution >= 0.6 is 23.4 Å². The molecule has 2 aromatic carbocycles. The molecule has 1 aromatic heterocycles. The fraction of sp³-hybridized carbons (Fsp3) is 0.211. The summed E-state index contributed by atoms with van der Waals surface area (Å²) in [5.74, 6) is 0.419. The van der Waals surface area contributed by atoms with Gasteiger partial charge in [-0.1, -0.05) is 41.6 Å². The Morgan fingerprint density at radius 3 is 2.81 bits per heavy atom. The molecule has 0 aliphatic rings. The molecule has 134 valence electrons. The topological polar surface area (TPSA) is 64.0 Å². The zero-order valence-electron chi connectivity index (χ0n) is 14.2. The predicted octanol–water partition coefficient (Wildman–Crippen LogP) is 4.19. The number of amides is 1. The van der Waals surface area contributed by atoms with Gasteiger partial charge in [0, 0.05) is 29.4 Å². The molecule has 3 rings (SSSR count). The highest BCUT2D eigenvalue weighted by Crippen LogP contribution is 2.19. The highest BCUT2D eigenvalue weighted by atomic mass is 35.5. The Bertz CT molecular complexity index is 1000. The molecule has 5 nitrogen and oxygen atoms in total.